The summed E-state index contributed by atoms with van der Waals surface area (Å²) in [4.78, 5) is 0. The Labute approximate surface area is 63.2 Å². The predicted octanol–water partition coefficient (Wildman–Crippen LogP) is -7.82. The van der Waals surface area contributed by atoms with Crippen LogP contribution in [-0.4, -0.2) is 22.4 Å². The minimum absolute atomic E-state index is 0. The first-order chi connectivity index (χ1) is 1.73. The summed E-state index contributed by atoms with van der Waals surface area (Å²) >= 11 is 0. The van der Waals surface area contributed by atoms with Crippen molar-refractivity contribution in [1.29, 1.82) is 0 Å². The molecule has 6 heteroatoms. The van der Waals surface area contributed by atoms with E-state index >= 15 is 0 Å². The molecule has 0 bridgehead atoms. The zero-order valence-corrected chi connectivity index (χ0v) is 3.92. The monoisotopic (exact) mass is 78.1 g/mol. The summed E-state index contributed by atoms with van der Waals surface area (Å²) in [6, 6.07) is 0. The van der Waals surface area contributed by atoms with Crippen LogP contribution >= 0.6 is 0 Å². The minimum Gasteiger partial charge on any atom is -1.00 e. The number of hydrogen-bond acceptors (Lipinski definition) is 3. The van der Waals surface area contributed by atoms with Crippen LogP contribution in [0.5, 0.6) is 0 Å². The average molecular weight is 77.7 g/mol. The van der Waals surface area contributed by atoms with Crippen LogP contribution in [0.25, 0.3) is 0 Å². The number of hydrogen-bond donors (Lipinski definition) is 3. The van der Waals surface area contributed by atoms with Gasteiger partial charge in [-0.05, 0) is 0 Å². The maximum Gasteiger partial charge on any atom is 1.00 e. The smallest absolute Gasteiger partial charge is 1.00 e. The molecule has 0 fully saturated rings. The van der Waals surface area contributed by atoms with Gasteiger partial charge in [0.2, 0.25) is 0 Å². The van der Waals surface area contributed by atoms with Crippen LogP contribution in [0.4, 0.5) is 0 Å². The van der Waals surface area contributed by atoms with Gasteiger partial charge in [-0.1, -0.05) is 0 Å². The molecule has 0 aromatic carbocycles. The van der Waals surface area contributed by atoms with Gasteiger partial charge in [0.25, 0.3) is 0 Å². The third kappa shape index (κ3) is 67.8. The molecular weight excluding hydrogens is 72.7 g/mol. The molecule has 6 heavy (non-hydrogen) atoms. The molecule has 0 saturated heterocycles. The number of rotatable bonds is 0. The van der Waals surface area contributed by atoms with E-state index in [4.69, 9.17) is 15.1 Å². The van der Waals surface area contributed by atoms with Gasteiger partial charge in [0.1, 0.15) is 0 Å². The summed E-state index contributed by atoms with van der Waals surface area (Å²) < 4.78 is 0. The van der Waals surface area contributed by atoms with Crippen molar-refractivity contribution >= 4 is 7.32 Å². The van der Waals surface area contributed by atoms with E-state index in [1.807, 2.05) is 0 Å². The zero-order valence-electron chi connectivity index (χ0n) is 5.92. The molecule has 0 heterocycles. The summed E-state index contributed by atoms with van der Waals surface area (Å²) in [5, 5.41) is 21.5. The fourth-order valence-corrected chi connectivity index (χ4v) is 0. The van der Waals surface area contributed by atoms with Crippen molar-refractivity contribution < 1.29 is 55.6 Å². The SMILES string of the molecule is OB(O)O.[H-].[H-].[Li+].[Li+]. The molecule has 0 radical (unpaired) electrons. The van der Waals surface area contributed by atoms with E-state index in [0.717, 1.165) is 0 Å². The van der Waals surface area contributed by atoms with Crippen LogP contribution < -0.4 is 37.7 Å². The third-order valence-electron chi connectivity index (χ3n) is 0. The zero-order chi connectivity index (χ0) is 3.58. The van der Waals surface area contributed by atoms with Gasteiger partial charge >= 0.3 is 45.0 Å². The minimum atomic E-state index is -2.17. The quantitative estimate of drug-likeness (QED) is 0.252. The van der Waals surface area contributed by atoms with Gasteiger partial charge < -0.3 is 17.9 Å². The molecule has 0 aromatic heterocycles. The Hall–Kier alpha value is 1.14. The summed E-state index contributed by atoms with van der Waals surface area (Å²) in [7, 11) is -2.17. The standard InChI is InChI=1S/BH3O3.2Li.2H/c2-1(3)4;;;;/h2-4H;;;;/q;2*+1;2*-1. The van der Waals surface area contributed by atoms with Crippen molar-refractivity contribution in [3.8, 4) is 0 Å². The van der Waals surface area contributed by atoms with E-state index in [0.29, 0.717) is 0 Å². The molecule has 0 unspecified atom stereocenters. The molecule has 0 rings (SSSR count). The molecule has 0 aromatic rings. The summed E-state index contributed by atoms with van der Waals surface area (Å²) in [5.74, 6) is 0. The van der Waals surface area contributed by atoms with Gasteiger partial charge in [0.15, 0.2) is 0 Å². The first-order valence-electron chi connectivity index (χ1n) is 0.775. The summed E-state index contributed by atoms with van der Waals surface area (Å²) in [6.45, 7) is 0. The Bertz CT molecular complexity index is 20.0. The Balaban J connectivity index is -0.00000000750. The Kier molecular flexibility index (Phi) is 24.8. The van der Waals surface area contributed by atoms with Crippen molar-refractivity contribution in [3.05, 3.63) is 0 Å². The molecule has 0 amide bonds. The summed E-state index contributed by atoms with van der Waals surface area (Å²) in [5.41, 5.74) is 0. The molecular formula is H5BLi2O3. The molecule has 3 N–H and O–H groups in total. The first kappa shape index (κ1) is 15.7. The molecule has 0 atom stereocenters. The van der Waals surface area contributed by atoms with Crippen LogP contribution in [-0.2, 0) is 0 Å². The largest absolute Gasteiger partial charge is 1.00 e. The Morgan fingerprint density at radius 1 is 1.00 bits per heavy atom. The van der Waals surface area contributed by atoms with Gasteiger partial charge in [-0.15, -0.1) is 0 Å². The Morgan fingerprint density at radius 3 is 1.00 bits per heavy atom. The van der Waals surface area contributed by atoms with E-state index in [-0.39, 0.29) is 40.6 Å². The molecule has 0 spiro atoms. The van der Waals surface area contributed by atoms with Crippen LogP contribution in [0.3, 0.4) is 0 Å². The van der Waals surface area contributed by atoms with Gasteiger partial charge in [-0.2, -0.15) is 0 Å². The normalized spacial score (nSPS) is 4.50. The van der Waals surface area contributed by atoms with E-state index in [1.165, 1.54) is 0 Å². The van der Waals surface area contributed by atoms with Crippen LogP contribution in [0.2, 0.25) is 0 Å². The van der Waals surface area contributed by atoms with Crippen molar-refractivity contribution in [2.75, 3.05) is 0 Å². The van der Waals surface area contributed by atoms with Crippen LogP contribution in [0, 0.1) is 0 Å². The molecule has 0 aliphatic heterocycles. The van der Waals surface area contributed by atoms with Crippen LogP contribution in [0.1, 0.15) is 2.85 Å². The fourth-order valence-electron chi connectivity index (χ4n) is 0. The van der Waals surface area contributed by atoms with E-state index < -0.39 is 7.32 Å². The molecule has 3 nitrogen and oxygen atoms in total. The summed E-state index contributed by atoms with van der Waals surface area (Å²) in [6.07, 6.45) is 0. The molecule has 0 saturated carbocycles. The van der Waals surface area contributed by atoms with Crippen molar-refractivity contribution in [1.82, 2.24) is 0 Å². The maximum atomic E-state index is 7.17. The maximum absolute atomic E-state index is 7.17. The van der Waals surface area contributed by atoms with Gasteiger partial charge in [0.05, 0.1) is 0 Å². The molecule has 0 aliphatic rings. The van der Waals surface area contributed by atoms with Gasteiger partial charge in [0, 0.05) is 0 Å². The van der Waals surface area contributed by atoms with E-state index in [1.54, 1.807) is 0 Å². The van der Waals surface area contributed by atoms with Crippen molar-refractivity contribution in [3.63, 3.8) is 0 Å². The Morgan fingerprint density at radius 2 is 1.00 bits per heavy atom. The van der Waals surface area contributed by atoms with Crippen LogP contribution in [0.15, 0.2) is 0 Å². The third-order valence-corrected chi connectivity index (χ3v) is 0. The topological polar surface area (TPSA) is 60.7 Å². The predicted molar refractivity (Wildman–Crippen MR) is 14.6 cm³/mol. The second-order valence-corrected chi connectivity index (χ2v) is 0.346. The van der Waals surface area contributed by atoms with Crippen molar-refractivity contribution in [2.24, 2.45) is 0 Å². The molecule has 28 valence electrons. The van der Waals surface area contributed by atoms with Crippen molar-refractivity contribution in [2.45, 2.75) is 0 Å². The van der Waals surface area contributed by atoms with Gasteiger partial charge in [-0.3, -0.25) is 0 Å². The van der Waals surface area contributed by atoms with E-state index in [2.05, 4.69) is 0 Å². The second-order valence-electron chi connectivity index (χ2n) is 0.346. The first-order valence-corrected chi connectivity index (χ1v) is 0.775. The molecule has 0 aliphatic carbocycles. The fraction of sp³-hybridized carbons (Fsp3) is 0. The second kappa shape index (κ2) is 9.46. The van der Waals surface area contributed by atoms with E-state index in [9.17, 15) is 0 Å². The van der Waals surface area contributed by atoms with Gasteiger partial charge in [-0.25, -0.2) is 0 Å². The average Bonchev–Trinajstić information content (AvgIpc) is 0.811.